The molecule has 0 fully saturated rings. The van der Waals surface area contributed by atoms with Crippen molar-refractivity contribution in [2.24, 2.45) is 7.05 Å². The van der Waals surface area contributed by atoms with Crippen molar-refractivity contribution in [2.45, 2.75) is 19.5 Å². The largest absolute Gasteiger partial charge is 0.350 e. The first-order valence-corrected chi connectivity index (χ1v) is 6.75. The Morgan fingerprint density at radius 2 is 2.40 bits per heavy atom. The van der Waals surface area contributed by atoms with Crippen LogP contribution in [-0.2, 0) is 18.4 Å². The minimum absolute atomic E-state index is 0.0102. The van der Waals surface area contributed by atoms with Gasteiger partial charge >= 0.3 is 0 Å². The number of nitrogens with zero attached hydrogens (tertiary/aromatic N) is 2. The average Bonchev–Trinajstić information content (AvgIpc) is 3.06. The van der Waals surface area contributed by atoms with E-state index in [0.29, 0.717) is 6.54 Å². The first-order valence-electron chi connectivity index (χ1n) is 6.75. The van der Waals surface area contributed by atoms with Gasteiger partial charge in [0.2, 0.25) is 5.91 Å². The molecule has 1 atom stereocenters. The van der Waals surface area contributed by atoms with Crippen LogP contribution in [0.1, 0.15) is 11.4 Å². The molecule has 0 bridgehead atoms. The quantitative estimate of drug-likeness (QED) is 0.819. The van der Waals surface area contributed by atoms with Gasteiger partial charge in [0.05, 0.1) is 11.0 Å². The fourth-order valence-electron chi connectivity index (χ4n) is 2.42. The van der Waals surface area contributed by atoms with E-state index in [1.807, 2.05) is 44.3 Å². The van der Waals surface area contributed by atoms with Crippen molar-refractivity contribution in [3.63, 3.8) is 0 Å². The molecule has 0 saturated carbocycles. The normalized spacial score (nSPS) is 17.8. The molecule has 0 aliphatic carbocycles. The zero-order valence-electron chi connectivity index (χ0n) is 11.7. The summed E-state index contributed by atoms with van der Waals surface area (Å²) in [7, 11) is 2.00. The summed E-state index contributed by atoms with van der Waals surface area (Å²) in [6.45, 7) is 3.27. The maximum absolute atomic E-state index is 11.9. The van der Waals surface area contributed by atoms with Crippen molar-refractivity contribution in [3.05, 3.63) is 41.7 Å². The smallest absolute Gasteiger partial charge is 0.241 e. The Labute approximate surface area is 117 Å². The van der Waals surface area contributed by atoms with E-state index < -0.39 is 0 Å². The first-order chi connectivity index (χ1) is 9.65. The Balaban J connectivity index is 1.71. The number of aryl methyl sites for hydroxylation is 2. The average molecular weight is 270 g/mol. The third-order valence-electron chi connectivity index (χ3n) is 3.70. The van der Waals surface area contributed by atoms with E-state index in [0.717, 1.165) is 29.0 Å². The van der Waals surface area contributed by atoms with E-state index in [9.17, 15) is 4.79 Å². The number of carbonyl (C=O) groups is 1. The molecule has 0 radical (unpaired) electrons. The number of nitrogens with one attached hydrogen (secondary N) is 2. The van der Waals surface area contributed by atoms with Crippen LogP contribution in [0.4, 0.5) is 0 Å². The maximum atomic E-state index is 11.9. The predicted molar refractivity (Wildman–Crippen MR) is 78.2 cm³/mol. The molecule has 2 aromatic rings. The van der Waals surface area contributed by atoms with Gasteiger partial charge < -0.3 is 9.88 Å². The Hall–Kier alpha value is -2.14. The Morgan fingerprint density at radius 1 is 1.55 bits per heavy atom. The van der Waals surface area contributed by atoms with E-state index in [-0.39, 0.29) is 11.9 Å². The van der Waals surface area contributed by atoms with Crippen molar-refractivity contribution in [2.75, 3.05) is 6.54 Å². The summed E-state index contributed by atoms with van der Waals surface area (Å²) in [4.78, 5) is 16.4. The zero-order chi connectivity index (χ0) is 14.1. The predicted octanol–water partition coefficient (Wildman–Crippen LogP) is 1.03. The van der Waals surface area contributed by atoms with Gasteiger partial charge in [-0.1, -0.05) is 18.2 Å². The number of rotatable bonds is 3. The Morgan fingerprint density at radius 3 is 3.15 bits per heavy atom. The van der Waals surface area contributed by atoms with Crippen LogP contribution in [0.5, 0.6) is 0 Å². The van der Waals surface area contributed by atoms with Crippen LogP contribution in [0.25, 0.3) is 11.0 Å². The van der Waals surface area contributed by atoms with Gasteiger partial charge in [0, 0.05) is 20.1 Å². The van der Waals surface area contributed by atoms with Crippen molar-refractivity contribution in [1.29, 1.82) is 0 Å². The van der Waals surface area contributed by atoms with Gasteiger partial charge in [0.25, 0.3) is 0 Å². The first kappa shape index (κ1) is 12.9. The number of hydrogen-bond donors (Lipinski definition) is 2. The Bertz CT molecular complexity index is 686. The minimum Gasteiger partial charge on any atom is -0.350 e. The molecule has 0 saturated heterocycles. The highest BCUT2D eigenvalue weighted by Crippen LogP contribution is 2.16. The molecule has 5 nitrogen and oxygen atoms in total. The van der Waals surface area contributed by atoms with Crippen LogP contribution in [0.3, 0.4) is 0 Å². The van der Waals surface area contributed by atoms with Gasteiger partial charge in [0.1, 0.15) is 11.9 Å². The monoisotopic (exact) mass is 270 g/mol. The number of aromatic nitrogens is 2. The molecule has 1 amide bonds. The zero-order valence-corrected chi connectivity index (χ0v) is 11.7. The van der Waals surface area contributed by atoms with Gasteiger partial charge in [-0.25, -0.2) is 4.98 Å². The van der Waals surface area contributed by atoms with Gasteiger partial charge in [0.15, 0.2) is 0 Å². The maximum Gasteiger partial charge on any atom is 0.241 e. The van der Waals surface area contributed by atoms with Gasteiger partial charge in [-0.3, -0.25) is 10.1 Å². The van der Waals surface area contributed by atoms with E-state index in [2.05, 4.69) is 20.2 Å². The SMILES string of the molecule is Cc1nc2cc(CNC(=O)C3C=CCN3)ccc2n1C. The lowest BCUT2D eigenvalue weighted by molar-refractivity contribution is -0.122. The highest BCUT2D eigenvalue weighted by molar-refractivity contribution is 5.84. The standard InChI is InChI=1S/C15H18N4O/c1-10-18-13-8-11(5-6-14(13)19(10)2)9-17-15(20)12-4-3-7-16-12/h3-6,8,12,16H,7,9H2,1-2H3,(H,17,20). The van der Waals surface area contributed by atoms with E-state index in [1.54, 1.807) is 0 Å². The third kappa shape index (κ3) is 2.32. The summed E-state index contributed by atoms with van der Waals surface area (Å²) in [5.41, 5.74) is 3.14. The summed E-state index contributed by atoms with van der Waals surface area (Å²) < 4.78 is 2.06. The van der Waals surface area contributed by atoms with Crippen LogP contribution in [-0.4, -0.2) is 28.0 Å². The van der Waals surface area contributed by atoms with Crippen LogP contribution >= 0.6 is 0 Å². The molecule has 20 heavy (non-hydrogen) atoms. The van der Waals surface area contributed by atoms with E-state index >= 15 is 0 Å². The molecule has 1 aliphatic heterocycles. The molecule has 1 aromatic carbocycles. The lowest BCUT2D eigenvalue weighted by Crippen LogP contribution is -2.40. The number of imidazole rings is 1. The minimum atomic E-state index is -0.198. The molecule has 5 heteroatoms. The van der Waals surface area contributed by atoms with Crippen molar-refractivity contribution >= 4 is 16.9 Å². The number of benzene rings is 1. The summed E-state index contributed by atoms with van der Waals surface area (Å²) >= 11 is 0. The fraction of sp³-hybridized carbons (Fsp3) is 0.333. The van der Waals surface area contributed by atoms with E-state index in [1.165, 1.54) is 0 Å². The van der Waals surface area contributed by atoms with Crippen molar-refractivity contribution in [3.8, 4) is 0 Å². The van der Waals surface area contributed by atoms with Gasteiger partial charge in [-0.05, 0) is 24.6 Å². The molecule has 2 heterocycles. The Kier molecular flexibility index (Phi) is 3.28. The summed E-state index contributed by atoms with van der Waals surface area (Å²) in [6.07, 6.45) is 3.85. The highest BCUT2D eigenvalue weighted by atomic mass is 16.2. The molecule has 104 valence electrons. The summed E-state index contributed by atoms with van der Waals surface area (Å²) in [6, 6.07) is 5.91. The van der Waals surface area contributed by atoms with Crippen LogP contribution in [0, 0.1) is 6.92 Å². The molecule has 3 rings (SSSR count). The number of fused-ring (bicyclic) bond motifs is 1. The van der Waals surface area contributed by atoms with Gasteiger partial charge in [-0.15, -0.1) is 0 Å². The highest BCUT2D eigenvalue weighted by Gasteiger charge is 2.16. The van der Waals surface area contributed by atoms with Crippen molar-refractivity contribution < 1.29 is 4.79 Å². The topological polar surface area (TPSA) is 59.0 Å². The molecule has 1 aliphatic rings. The second-order valence-electron chi connectivity index (χ2n) is 5.07. The fourth-order valence-corrected chi connectivity index (χ4v) is 2.42. The lowest BCUT2D eigenvalue weighted by Gasteiger charge is -2.10. The number of amides is 1. The summed E-state index contributed by atoms with van der Waals surface area (Å²) in [5.74, 6) is 0.998. The second-order valence-corrected chi connectivity index (χ2v) is 5.07. The lowest BCUT2D eigenvalue weighted by atomic mass is 10.2. The molecule has 0 spiro atoms. The van der Waals surface area contributed by atoms with Gasteiger partial charge in [-0.2, -0.15) is 0 Å². The van der Waals surface area contributed by atoms with E-state index in [4.69, 9.17) is 0 Å². The molecule has 2 N–H and O–H groups in total. The van der Waals surface area contributed by atoms with Crippen LogP contribution < -0.4 is 10.6 Å². The molecular formula is C15H18N4O. The van der Waals surface area contributed by atoms with Crippen molar-refractivity contribution in [1.82, 2.24) is 20.2 Å². The molecule has 1 unspecified atom stereocenters. The number of hydrogen-bond acceptors (Lipinski definition) is 3. The molecular weight excluding hydrogens is 252 g/mol. The number of carbonyl (C=O) groups excluding carboxylic acids is 1. The van der Waals surface area contributed by atoms with Crippen LogP contribution in [0.2, 0.25) is 0 Å². The third-order valence-corrected chi connectivity index (χ3v) is 3.70. The van der Waals surface area contributed by atoms with Crippen LogP contribution in [0.15, 0.2) is 30.4 Å². The molecule has 1 aromatic heterocycles. The second kappa shape index (κ2) is 5.09. The summed E-state index contributed by atoms with van der Waals surface area (Å²) in [5, 5.41) is 6.03.